The van der Waals surface area contributed by atoms with Crippen molar-refractivity contribution < 1.29 is 17.2 Å². The molecule has 0 N–H and O–H groups in total. The maximum Gasteiger partial charge on any atom is 0.219 e. The van der Waals surface area contributed by atoms with Crippen LogP contribution in [0.3, 0.4) is 0 Å². The minimum atomic E-state index is -3.65. The van der Waals surface area contributed by atoms with Crippen LogP contribution in [0.5, 0.6) is 0 Å². The van der Waals surface area contributed by atoms with Gasteiger partial charge in [-0.05, 0) is 42.0 Å². The summed E-state index contributed by atoms with van der Waals surface area (Å²) in [7, 11) is -3.65. The zero-order chi connectivity index (χ0) is 17.7. The van der Waals surface area contributed by atoms with Crippen LogP contribution in [0.2, 0.25) is 0 Å². The molecule has 0 aliphatic heterocycles. The van der Waals surface area contributed by atoms with Crippen LogP contribution in [-0.4, -0.2) is 17.7 Å². The maximum atomic E-state index is 13.0. The first kappa shape index (κ1) is 17.3. The number of aromatic nitrogens is 1. The molecule has 0 aliphatic carbocycles. The summed E-state index contributed by atoms with van der Waals surface area (Å²) in [5.41, 5.74) is 1.16. The van der Waals surface area contributed by atoms with E-state index in [1.54, 1.807) is 36.5 Å². The molecule has 0 amide bonds. The van der Waals surface area contributed by atoms with E-state index in [0.717, 1.165) is 0 Å². The van der Waals surface area contributed by atoms with Crippen LogP contribution in [0, 0.1) is 5.82 Å². The predicted octanol–water partition coefficient (Wildman–Crippen LogP) is 3.35. The van der Waals surface area contributed by atoms with E-state index in [1.165, 1.54) is 34.8 Å². The van der Waals surface area contributed by atoms with Gasteiger partial charge in [-0.1, -0.05) is 18.2 Å². The molecule has 0 unspecified atom stereocenters. The summed E-state index contributed by atoms with van der Waals surface area (Å²) in [6.45, 7) is 0.234. The van der Waals surface area contributed by atoms with Crippen LogP contribution in [0.15, 0.2) is 71.5 Å². The number of hydrogen-bond acceptors (Lipinski definition) is 4. The lowest BCUT2D eigenvalue weighted by Gasteiger charge is -2.21. The number of pyridine rings is 1. The van der Waals surface area contributed by atoms with Crippen LogP contribution >= 0.6 is 0 Å². The van der Waals surface area contributed by atoms with Gasteiger partial charge in [0.25, 0.3) is 0 Å². The fraction of sp³-hybridized carbons (Fsp3) is 0.167. The molecule has 3 aromatic rings. The Morgan fingerprint density at radius 2 is 1.80 bits per heavy atom. The molecule has 3 rings (SSSR count). The summed E-state index contributed by atoms with van der Waals surface area (Å²) in [6.07, 6.45) is 3.12. The Balaban J connectivity index is 1.84. The van der Waals surface area contributed by atoms with Gasteiger partial charge in [0, 0.05) is 6.20 Å². The second-order valence-corrected chi connectivity index (χ2v) is 7.52. The summed E-state index contributed by atoms with van der Waals surface area (Å²) in [5.74, 6) is -0.0819. The number of benzene rings is 1. The van der Waals surface area contributed by atoms with Crippen molar-refractivity contribution >= 4 is 10.0 Å². The Morgan fingerprint density at radius 1 is 1.00 bits per heavy atom. The third-order valence-corrected chi connectivity index (χ3v) is 5.38. The van der Waals surface area contributed by atoms with Crippen molar-refractivity contribution in [2.45, 2.75) is 18.8 Å². The van der Waals surface area contributed by atoms with Crippen LogP contribution in [-0.2, 0) is 28.9 Å². The quantitative estimate of drug-likeness (QED) is 0.648. The fourth-order valence-corrected chi connectivity index (χ4v) is 3.83. The van der Waals surface area contributed by atoms with Gasteiger partial charge in [-0.3, -0.25) is 4.98 Å². The number of rotatable bonds is 7. The second-order valence-electron chi connectivity index (χ2n) is 5.55. The highest BCUT2D eigenvalue weighted by atomic mass is 32.2. The highest BCUT2D eigenvalue weighted by Crippen LogP contribution is 2.18. The number of hydrogen-bond donors (Lipinski definition) is 0. The SMILES string of the molecule is O=S(=O)(Cc1ccc(F)cc1)N(Cc1ccccn1)Cc1ccco1. The van der Waals surface area contributed by atoms with Crippen molar-refractivity contribution in [3.05, 3.63) is 89.9 Å². The molecule has 25 heavy (non-hydrogen) atoms. The summed E-state index contributed by atoms with van der Waals surface area (Å²) in [6, 6.07) is 14.2. The molecule has 0 saturated heterocycles. The van der Waals surface area contributed by atoms with E-state index < -0.39 is 15.8 Å². The average Bonchev–Trinajstić information content (AvgIpc) is 3.10. The van der Waals surface area contributed by atoms with Crippen molar-refractivity contribution in [2.24, 2.45) is 0 Å². The summed E-state index contributed by atoms with van der Waals surface area (Å²) >= 11 is 0. The number of halogens is 1. The molecule has 5 nitrogen and oxygen atoms in total. The fourth-order valence-electron chi connectivity index (χ4n) is 2.38. The van der Waals surface area contributed by atoms with Crippen LogP contribution in [0.1, 0.15) is 17.0 Å². The van der Waals surface area contributed by atoms with Gasteiger partial charge in [0.05, 0.1) is 30.8 Å². The Hall–Kier alpha value is -2.51. The molecule has 0 bridgehead atoms. The zero-order valence-electron chi connectivity index (χ0n) is 13.4. The molecule has 7 heteroatoms. The normalized spacial score (nSPS) is 11.8. The Bertz CT molecular complexity index is 895. The van der Waals surface area contributed by atoms with Gasteiger partial charge >= 0.3 is 0 Å². The largest absolute Gasteiger partial charge is 0.468 e. The molecule has 2 heterocycles. The molecule has 0 aliphatic rings. The van der Waals surface area contributed by atoms with Gasteiger partial charge < -0.3 is 4.42 Å². The van der Waals surface area contributed by atoms with Crippen molar-refractivity contribution in [2.75, 3.05) is 0 Å². The smallest absolute Gasteiger partial charge is 0.219 e. The molecule has 0 radical (unpaired) electrons. The van der Waals surface area contributed by atoms with Crippen molar-refractivity contribution in [1.82, 2.24) is 9.29 Å². The molecule has 0 spiro atoms. The monoisotopic (exact) mass is 360 g/mol. The van der Waals surface area contributed by atoms with E-state index in [0.29, 0.717) is 17.0 Å². The molecular formula is C18H17FN2O3S. The van der Waals surface area contributed by atoms with E-state index in [4.69, 9.17) is 4.42 Å². The van der Waals surface area contributed by atoms with Crippen LogP contribution < -0.4 is 0 Å². The van der Waals surface area contributed by atoms with E-state index in [2.05, 4.69) is 4.98 Å². The first-order valence-electron chi connectivity index (χ1n) is 7.67. The second kappa shape index (κ2) is 7.58. The van der Waals surface area contributed by atoms with Crippen molar-refractivity contribution in [3.8, 4) is 0 Å². The van der Waals surface area contributed by atoms with Gasteiger partial charge in [0.1, 0.15) is 11.6 Å². The van der Waals surface area contributed by atoms with E-state index in [9.17, 15) is 12.8 Å². The highest BCUT2D eigenvalue weighted by Gasteiger charge is 2.24. The molecule has 0 atom stereocenters. The molecular weight excluding hydrogens is 343 g/mol. The average molecular weight is 360 g/mol. The van der Waals surface area contributed by atoms with Gasteiger partial charge in [0.15, 0.2) is 0 Å². The molecule has 2 aromatic heterocycles. The van der Waals surface area contributed by atoms with Gasteiger partial charge in [-0.2, -0.15) is 4.31 Å². The minimum Gasteiger partial charge on any atom is -0.468 e. The van der Waals surface area contributed by atoms with E-state index >= 15 is 0 Å². The Kier molecular flexibility index (Phi) is 5.25. The number of furan rings is 1. The van der Waals surface area contributed by atoms with Crippen LogP contribution in [0.25, 0.3) is 0 Å². The minimum absolute atomic E-state index is 0.104. The molecule has 130 valence electrons. The van der Waals surface area contributed by atoms with Gasteiger partial charge in [-0.15, -0.1) is 0 Å². The summed E-state index contributed by atoms with van der Waals surface area (Å²) < 4.78 is 45.4. The topological polar surface area (TPSA) is 63.4 Å². The van der Waals surface area contributed by atoms with Crippen LogP contribution in [0.4, 0.5) is 4.39 Å². The first-order chi connectivity index (χ1) is 12.0. The summed E-state index contributed by atoms with van der Waals surface area (Å²) in [4.78, 5) is 4.19. The highest BCUT2D eigenvalue weighted by molar-refractivity contribution is 7.88. The Labute approximate surface area is 145 Å². The summed E-state index contributed by atoms with van der Waals surface area (Å²) in [5, 5.41) is 0. The number of nitrogens with zero attached hydrogens (tertiary/aromatic N) is 2. The lowest BCUT2D eigenvalue weighted by atomic mass is 10.2. The lowest BCUT2D eigenvalue weighted by Crippen LogP contribution is -2.31. The van der Waals surface area contributed by atoms with Gasteiger partial charge in [-0.25, -0.2) is 12.8 Å². The molecule has 0 saturated carbocycles. The van der Waals surface area contributed by atoms with E-state index in [1.807, 2.05) is 0 Å². The predicted molar refractivity (Wildman–Crippen MR) is 91.2 cm³/mol. The van der Waals surface area contributed by atoms with Gasteiger partial charge in [0.2, 0.25) is 10.0 Å². The molecule has 1 aromatic carbocycles. The standard InChI is InChI=1S/C18H17FN2O3S/c19-16-8-6-15(7-9-16)14-25(22,23)21(13-18-5-3-11-24-18)12-17-4-1-2-10-20-17/h1-11H,12-14H2. The zero-order valence-corrected chi connectivity index (χ0v) is 14.2. The molecule has 0 fully saturated rings. The Morgan fingerprint density at radius 3 is 2.44 bits per heavy atom. The van der Waals surface area contributed by atoms with Crippen molar-refractivity contribution in [3.63, 3.8) is 0 Å². The van der Waals surface area contributed by atoms with E-state index in [-0.39, 0.29) is 18.8 Å². The maximum absolute atomic E-state index is 13.0. The third kappa shape index (κ3) is 4.74. The first-order valence-corrected chi connectivity index (χ1v) is 9.28. The third-order valence-electron chi connectivity index (χ3n) is 3.63. The van der Waals surface area contributed by atoms with Crippen molar-refractivity contribution in [1.29, 1.82) is 0 Å². The lowest BCUT2D eigenvalue weighted by molar-refractivity contribution is 0.355. The number of sulfonamides is 1.